The third-order valence-electron chi connectivity index (χ3n) is 7.21. The fourth-order valence-corrected chi connectivity index (χ4v) is 5.59. The van der Waals surface area contributed by atoms with E-state index in [2.05, 4.69) is 27.7 Å². The van der Waals surface area contributed by atoms with Gasteiger partial charge in [-0.2, -0.15) is 0 Å². The van der Waals surface area contributed by atoms with Crippen molar-refractivity contribution in [3.05, 3.63) is 77.2 Å². The number of fused-ring (bicyclic) bond motifs is 5. The van der Waals surface area contributed by atoms with Crippen LogP contribution in [0.4, 0.5) is 5.82 Å². The highest BCUT2D eigenvalue weighted by molar-refractivity contribution is 6.18. The molecule has 0 radical (unpaired) electrons. The van der Waals surface area contributed by atoms with Crippen LogP contribution in [0.1, 0.15) is 53.6 Å². The number of aliphatic imine (C=N–C) groups is 1. The maximum absolute atomic E-state index is 13.8. The normalized spacial score (nSPS) is 20.8. The smallest absolute Gasteiger partial charge is 0.281 e. The van der Waals surface area contributed by atoms with E-state index in [1.807, 2.05) is 48.2 Å². The minimum Gasteiger partial charge on any atom is -0.497 e. The summed E-state index contributed by atoms with van der Waals surface area (Å²) in [4.78, 5) is 28.1. The van der Waals surface area contributed by atoms with E-state index in [-0.39, 0.29) is 11.9 Å². The average Bonchev–Trinajstić information content (AvgIpc) is 3.54. The number of carbonyl (C=O) groups excluding carboxylic acids is 1. The molecule has 2 atom stereocenters. The van der Waals surface area contributed by atoms with E-state index in [0.29, 0.717) is 31.2 Å². The standard InChI is InChI=1S/C27H29N5O2/c1-3-30-26(33)24-25(32-22-14-8-13-21(22)28-27(30)32)29-23(16-18-9-5-4-6-10-18)31(24)17-19-11-7-12-20(15-19)34-2/h4-7,9-12,15,21-22H,3,8,13-14,16-17H2,1-2H3/t21-,22+/m1/s1. The second kappa shape index (κ2) is 8.31. The number of anilines is 1. The van der Waals surface area contributed by atoms with Crippen LogP contribution in [-0.2, 0) is 13.0 Å². The summed E-state index contributed by atoms with van der Waals surface area (Å²) in [7, 11) is 1.67. The van der Waals surface area contributed by atoms with Gasteiger partial charge in [0.1, 0.15) is 11.6 Å². The Morgan fingerprint density at radius 2 is 1.88 bits per heavy atom. The van der Waals surface area contributed by atoms with Crippen LogP contribution < -0.4 is 9.64 Å². The molecule has 1 aliphatic carbocycles. The van der Waals surface area contributed by atoms with Crippen molar-refractivity contribution in [3.8, 4) is 5.75 Å². The van der Waals surface area contributed by atoms with Crippen molar-refractivity contribution in [1.82, 2.24) is 14.5 Å². The number of methoxy groups -OCH3 is 1. The maximum Gasteiger partial charge on any atom is 0.281 e. The molecule has 3 aromatic rings. The van der Waals surface area contributed by atoms with Crippen molar-refractivity contribution < 1.29 is 9.53 Å². The first-order chi connectivity index (χ1) is 16.7. The van der Waals surface area contributed by atoms with Crippen molar-refractivity contribution in [2.75, 3.05) is 18.6 Å². The van der Waals surface area contributed by atoms with Crippen LogP contribution in [0.2, 0.25) is 0 Å². The fraction of sp³-hybridized carbons (Fsp3) is 0.370. The Labute approximate surface area is 199 Å². The van der Waals surface area contributed by atoms with Crippen LogP contribution in [0.5, 0.6) is 5.75 Å². The quantitative estimate of drug-likeness (QED) is 0.561. The van der Waals surface area contributed by atoms with Crippen LogP contribution in [0.15, 0.2) is 59.6 Å². The molecule has 0 saturated heterocycles. The summed E-state index contributed by atoms with van der Waals surface area (Å²) in [6, 6.07) is 18.9. The lowest BCUT2D eigenvalue weighted by Gasteiger charge is -2.35. The number of guanidine groups is 1. The highest BCUT2D eigenvalue weighted by Gasteiger charge is 2.49. The van der Waals surface area contributed by atoms with Gasteiger partial charge in [-0.15, -0.1) is 0 Å². The lowest BCUT2D eigenvalue weighted by atomic mass is 10.1. The van der Waals surface area contributed by atoms with E-state index in [1.165, 1.54) is 12.0 Å². The topological polar surface area (TPSA) is 63.0 Å². The molecule has 0 N–H and O–H groups in total. The summed E-state index contributed by atoms with van der Waals surface area (Å²) in [5, 5.41) is 0. The van der Waals surface area contributed by atoms with Crippen molar-refractivity contribution in [2.45, 2.75) is 51.2 Å². The summed E-state index contributed by atoms with van der Waals surface area (Å²) >= 11 is 0. The Morgan fingerprint density at radius 1 is 1.06 bits per heavy atom. The molecule has 7 nitrogen and oxygen atoms in total. The summed E-state index contributed by atoms with van der Waals surface area (Å²) in [5.74, 6) is 3.25. The number of amides is 1. The molecule has 34 heavy (non-hydrogen) atoms. The Balaban J connectivity index is 1.50. The molecule has 174 valence electrons. The van der Waals surface area contributed by atoms with Crippen LogP contribution in [0.25, 0.3) is 0 Å². The van der Waals surface area contributed by atoms with E-state index in [0.717, 1.165) is 41.8 Å². The first-order valence-corrected chi connectivity index (χ1v) is 12.1. The van der Waals surface area contributed by atoms with Gasteiger partial charge in [0.2, 0.25) is 5.96 Å². The Morgan fingerprint density at radius 3 is 2.68 bits per heavy atom. The molecule has 2 aromatic carbocycles. The molecule has 0 spiro atoms. The molecule has 0 bridgehead atoms. The molecule has 7 heteroatoms. The van der Waals surface area contributed by atoms with E-state index in [9.17, 15) is 4.79 Å². The molecule has 3 heterocycles. The molecular weight excluding hydrogens is 426 g/mol. The summed E-state index contributed by atoms with van der Waals surface area (Å²) in [6.07, 6.45) is 3.98. The van der Waals surface area contributed by atoms with Crippen LogP contribution in [0.3, 0.4) is 0 Å². The molecule has 6 rings (SSSR count). The van der Waals surface area contributed by atoms with Gasteiger partial charge in [-0.25, -0.2) is 9.98 Å². The summed E-state index contributed by atoms with van der Waals surface area (Å²) < 4.78 is 7.56. The molecule has 1 saturated carbocycles. The third-order valence-corrected chi connectivity index (χ3v) is 7.21. The number of carbonyl (C=O) groups is 1. The third kappa shape index (κ3) is 3.30. The monoisotopic (exact) mass is 455 g/mol. The fourth-order valence-electron chi connectivity index (χ4n) is 5.59. The zero-order valence-corrected chi connectivity index (χ0v) is 19.6. The zero-order chi connectivity index (χ0) is 23.2. The Hall–Kier alpha value is -3.61. The van der Waals surface area contributed by atoms with Crippen LogP contribution in [0, 0.1) is 0 Å². The van der Waals surface area contributed by atoms with E-state index in [1.54, 1.807) is 7.11 Å². The van der Waals surface area contributed by atoms with Gasteiger partial charge in [-0.3, -0.25) is 14.6 Å². The molecule has 2 aliphatic heterocycles. The number of hydrogen-bond donors (Lipinski definition) is 0. The predicted octanol–water partition coefficient (Wildman–Crippen LogP) is 4.10. The number of aromatic nitrogens is 2. The van der Waals surface area contributed by atoms with E-state index in [4.69, 9.17) is 14.7 Å². The number of benzene rings is 2. The first-order valence-electron chi connectivity index (χ1n) is 12.1. The lowest BCUT2D eigenvalue weighted by Crippen LogP contribution is -2.53. The van der Waals surface area contributed by atoms with Gasteiger partial charge in [-0.05, 0) is 49.4 Å². The molecule has 1 aromatic heterocycles. The molecule has 1 fully saturated rings. The lowest BCUT2D eigenvalue weighted by molar-refractivity contribution is 0.0835. The van der Waals surface area contributed by atoms with Crippen molar-refractivity contribution >= 4 is 17.7 Å². The minimum atomic E-state index is -0.0119. The van der Waals surface area contributed by atoms with Crippen LogP contribution >= 0.6 is 0 Å². The zero-order valence-electron chi connectivity index (χ0n) is 19.6. The maximum atomic E-state index is 13.8. The van der Waals surface area contributed by atoms with Crippen molar-refractivity contribution in [3.63, 3.8) is 0 Å². The van der Waals surface area contributed by atoms with Crippen LogP contribution in [-0.4, -0.2) is 52.1 Å². The number of rotatable bonds is 6. The van der Waals surface area contributed by atoms with Gasteiger partial charge >= 0.3 is 0 Å². The number of nitrogens with zero attached hydrogens (tertiary/aromatic N) is 5. The van der Waals surface area contributed by atoms with Gasteiger partial charge in [0.05, 0.1) is 19.2 Å². The Kier molecular flexibility index (Phi) is 5.12. The SMILES string of the molecule is CCN1C(=O)c2c(nc(Cc3ccccc3)n2Cc2cccc(OC)c2)N2C1=N[C@@H]1CCC[C@@H]12. The predicted molar refractivity (Wildman–Crippen MR) is 132 cm³/mol. The highest BCUT2D eigenvalue weighted by Crippen LogP contribution is 2.41. The molecule has 1 amide bonds. The van der Waals surface area contributed by atoms with Gasteiger partial charge in [0, 0.05) is 19.5 Å². The largest absolute Gasteiger partial charge is 0.497 e. The van der Waals surface area contributed by atoms with E-state index < -0.39 is 0 Å². The highest BCUT2D eigenvalue weighted by atomic mass is 16.5. The molecular formula is C27H29N5O2. The minimum absolute atomic E-state index is 0.0119. The van der Waals surface area contributed by atoms with Gasteiger partial charge in [0.15, 0.2) is 11.5 Å². The number of ether oxygens (including phenoxy) is 1. The number of imidazole rings is 1. The van der Waals surface area contributed by atoms with Gasteiger partial charge in [-0.1, -0.05) is 42.5 Å². The summed E-state index contributed by atoms with van der Waals surface area (Å²) in [5.41, 5.74) is 2.91. The average molecular weight is 456 g/mol. The van der Waals surface area contributed by atoms with Crippen molar-refractivity contribution in [1.29, 1.82) is 0 Å². The number of hydrogen-bond acceptors (Lipinski definition) is 5. The second-order valence-electron chi connectivity index (χ2n) is 9.21. The van der Waals surface area contributed by atoms with Gasteiger partial charge < -0.3 is 9.30 Å². The molecule has 3 aliphatic rings. The molecule has 0 unspecified atom stereocenters. The van der Waals surface area contributed by atoms with E-state index >= 15 is 0 Å². The summed E-state index contributed by atoms with van der Waals surface area (Å²) in [6.45, 7) is 3.16. The Bertz CT molecular complexity index is 1270. The first kappa shape index (κ1) is 21.0. The second-order valence-corrected chi connectivity index (χ2v) is 9.21. The van der Waals surface area contributed by atoms with Gasteiger partial charge in [0.25, 0.3) is 5.91 Å². The van der Waals surface area contributed by atoms with Crippen molar-refractivity contribution in [2.24, 2.45) is 4.99 Å².